The molecule has 2 heterocycles. The zero-order valence-corrected chi connectivity index (χ0v) is 19.4. The number of carbonyl (C=O) groups excluding carboxylic acids is 2. The van der Waals surface area contributed by atoms with Gasteiger partial charge in [0.1, 0.15) is 10.6 Å². The lowest BCUT2D eigenvalue weighted by Gasteiger charge is -2.31. The molecule has 0 spiro atoms. The summed E-state index contributed by atoms with van der Waals surface area (Å²) in [6, 6.07) is 9.74. The van der Waals surface area contributed by atoms with Gasteiger partial charge in [0.15, 0.2) is 11.9 Å². The molecule has 0 bridgehead atoms. The highest BCUT2D eigenvalue weighted by molar-refractivity contribution is 7.89. The molecule has 10 heteroatoms. The van der Waals surface area contributed by atoms with Gasteiger partial charge in [0.25, 0.3) is 5.91 Å². The van der Waals surface area contributed by atoms with E-state index in [9.17, 15) is 18.0 Å². The van der Waals surface area contributed by atoms with Crippen molar-refractivity contribution in [3.05, 3.63) is 47.3 Å². The normalized spacial score (nSPS) is 18.2. The van der Waals surface area contributed by atoms with Crippen molar-refractivity contribution in [3.63, 3.8) is 0 Å². The maximum Gasteiger partial charge on any atom is 0.311 e. The van der Waals surface area contributed by atoms with Crippen molar-refractivity contribution < 1.29 is 27.3 Å². The first kappa shape index (κ1) is 23.9. The Labute approximate surface area is 188 Å². The molecule has 1 aromatic carbocycles. The topological polar surface area (TPSA) is 119 Å². The Balaban J connectivity index is 1.53. The summed E-state index contributed by atoms with van der Waals surface area (Å²) in [5.74, 6) is -1.38. The molecule has 0 saturated carbocycles. The van der Waals surface area contributed by atoms with Crippen LogP contribution in [0.3, 0.4) is 0 Å². The highest BCUT2D eigenvalue weighted by Gasteiger charge is 2.37. The lowest BCUT2D eigenvalue weighted by atomic mass is 10.00. The van der Waals surface area contributed by atoms with Crippen LogP contribution in [0.5, 0.6) is 0 Å². The molecule has 9 nitrogen and oxygen atoms in total. The summed E-state index contributed by atoms with van der Waals surface area (Å²) in [7, 11) is -3.84. The Morgan fingerprint density at radius 2 is 2.00 bits per heavy atom. The van der Waals surface area contributed by atoms with Crippen LogP contribution >= 0.6 is 0 Å². The highest BCUT2D eigenvalue weighted by Crippen LogP contribution is 2.28. The number of aromatic nitrogens is 1. The van der Waals surface area contributed by atoms with Gasteiger partial charge in [-0.15, -0.1) is 0 Å². The van der Waals surface area contributed by atoms with Crippen molar-refractivity contribution in [3.8, 4) is 0 Å². The lowest BCUT2D eigenvalue weighted by Crippen LogP contribution is -2.44. The van der Waals surface area contributed by atoms with E-state index in [0.29, 0.717) is 32.4 Å². The summed E-state index contributed by atoms with van der Waals surface area (Å²) >= 11 is 0. The van der Waals surface area contributed by atoms with Crippen LogP contribution in [0.1, 0.15) is 36.8 Å². The Hall–Kier alpha value is -2.72. The van der Waals surface area contributed by atoms with E-state index in [1.807, 2.05) is 30.3 Å². The van der Waals surface area contributed by atoms with Gasteiger partial charge in [-0.1, -0.05) is 35.5 Å². The Kier molecular flexibility index (Phi) is 7.68. The van der Waals surface area contributed by atoms with Crippen LogP contribution in [-0.4, -0.2) is 55.5 Å². The fourth-order valence-corrected chi connectivity index (χ4v) is 5.58. The van der Waals surface area contributed by atoms with Crippen molar-refractivity contribution in [1.82, 2.24) is 14.8 Å². The average molecular weight is 464 g/mol. The van der Waals surface area contributed by atoms with Gasteiger partial charge >= 0.3 is 5.97 Å². The number of sulfonamides is 1. The number of amides is 1. The number of hydrogen-bond acceptors (Lipinski definition) is 7. The molecular weight excluding hydrogens is 434 g/mol. The number of rotatable bonds is 8. The molecule has 2 atom stereocenters. The number of piperidine rings is 1. The minimum absolute atomic E-state index is 0.00638. The smallest absolute Gasteiger partial charge is 0.311 e. The number of carbonyl (C=O) groups is 2. The summed E-state index contributed by atoms with van der Waals surface area (Å²) in [6.45, 7) is 5.34. The van der Waals surface area contributed by atoms with E-state index in [2.05, 4.69) is 10.5 Å². The number of ether oxygens (including phenoxy) is 1. The van der Waals surface area contributed by atoms with Crippen molar-refractivity contribution in [1.29, 1.82) is 0 Å². The summed E-state index contributed by atoms with van der Waals surface area (Å²) < 4.78 is 37.7. The Bertz CT molecular complexity index is 1030. The molecule has 1 amide bonds. The van der Waals surface area contributed by atoms with Gasteiger partial charge in [0.05, 0.1) is 5.92 Å². The first-order chi connectivity index (χ1) is 15.2. The van der Waals surface area contributed by atoms with E-state index < -0.39 is 28.0 Å². The summed E-state index contributed by atoms with van der Waals surface area (Å²) in [5, 5.41) is 6.48. The molecule has 0 aliphatic carbocycles. The van der Waals surface area contributed by atoms with Gasteiger partial charge < -0.3 is 14.6 Å². The molecule has 0 radical (unpaired) electrons. The molecule has 2 aromatic rings. The maximum atomic E-state index is 13.0. The third-order valence-electron chi connectivity index (χ3n) is 5.50. The summed E-state index contributed by atoms with van der Waals surface area (Å²) in [4.78, 5) is 25.0. The standard InChI is InChI=1S/C22H29N3O6S/c1-15-20(16(2)31-24-15)32(28,29)25-13-7-10-19(14-25)22(27)30-17(3)21(26)23-12-11-18-8-5-4-6-9-18/h4-6,8-9,17,19H,7,10-14H2,1-3H3,(H,23,26). The first-order valence-electron chi connectivity index (χ1n) is 10.6. The molecule has 1 aliphatic heterocycles. The van der Waals surface area contributed by atoms with Gasteiger partial charge in [-0.05, 0) is 45.6 Å². The molecule has 3 rings (SSSR count). The van der Waals surface area contributed by atoms with Crippen LogP contribution < -0.4 is 5.32 Å². The molecular formula is C22H29N3O6S. The van der Waals surface area contributed by atoms with Crippen molar-refractivity contribution in [2.45, 2.75) is 51.0 Å². The summed E-state index contributed by atoms with van der Waals surface area (Å²) in [5.41, 5.74) is 1.38. The van der Waals surface area contributed by atoms with Crippen molar-refractivity contribution >= 4 is 21.9 Å². The quantitative estimate of drug-likeness (QED) is 0.595. The van der Waals surface area contributed by atoms with Crippen LogP contribution in [0.25, 0.3) is 0 Å². The van der Waals surface area contributed by atoms with Crippen LogP contribution in [-0.2, 0) is 30.8 Å². The largest absolute Gasteiger partial charge is 0.452 e. The van der Waals surface area contributed by atoms with Gasteiger partial charge in [-0.25, -0.2) is 8.42 Å². The second kappa shape index (κ2) is 10.3. The van der Waals surface area contributed by atoms with Gasteiger partial charge in [-0.2, -0.15) is 4.31 Å². The highest BCUT2D eigenvalue weighted by atomic mass is 32.2. The predicted molar refractivity (Wildman–Crippen MR) is 116 cm³/mol. The Morgan fingerprint density at radius 3 is 2.66 bits per heavy atom. The number of nitrogens with zero attached hydrogens (tertiary/aromatic N) is 2. The monoisotopic (exact) mass is 463 g/mol. The van der Waals surface area contributed by atoms with Crippen molar-refractivity contribution in [2.75, 3.05) is 19.6 Å². The lowest BCUT2D eigenvalue weighted by molar-refractivity contribution is -0.159. The van der Waals surface area contributed by atoms with Crippen LogP contribution in [0.4, 0.5) is 0 Å². The number of nitrogens with one attached hydrogen (secondary N) is 1. The second-order valence-corrected chi connectivity index (χ2v) is 9.84. The van der Waals surface area contributed by atoms with Gasteiger partial charge in [0.2, 0.25) is 10.0 Å². The molecule has 1 N–H and O–H groups in total. The zero-order valence-electron chi connectivity index (χ0n) is 18.5. The van der Waals surface area contributed by atoms with E-state index in [1.165, 1.54) is 11.2 Å². The molecule has 1 fully saturated rings. The van der Waals surface area contributed by atoms with Crippen LogP contribution in [0.2, 0.25) is 0 Å². The molecule has 1 aliphatic rings. The third kappa shape index (κ3) is 5.55. The zero-order chi connectivity index (χ0) is 23.3. The van der Waals surface area contributed by atoms with E-state index in [0.717, 1.165) is 5.56 Å². The molecule has 1 saturated heterocycles. The second-order valence-electron chi connectivity index (χ2n) is 7.96. The van der Waals surface area contributed by atoms with E-state index in [4.69, 9.17) is 9.26 Å². The van der Waals surface area contributed by atoms with E-state index in [1.54, 1.807) is 13.8 Å². The maximum absolute atomic E-state index is 13.0. The summed E-state index contributed by atoms with van der Waals surface area (Å²) in [6.07, 6.45) is 0.715. The van der Waals surface area contributed by atoms with Gasteiger partial charge in [-0.3, -0.25) is 9.59 Å². The van der Waals surface area contributed by atoms with Crippen LogP contribution in [0, 0.1) is 19.8 Å². The molecule has 32 heavy (non-hydrogen) atoms. The average Bonchev–Trinajstić information content (AvgIpc) is 3.13. The molecule has 1 aromatic heterocycles. The van der Waals surface area contributed by atoms with Crippen LogP contribution in [0.15, 0.2) is 39.8 Å². The fourth-order valence-electron chi connectivity index (χ4n) is 3.77. The predicted octanol–water partition coefficient (Wildman–Crippen LogP) is 1.98. The van der Waals surface area contributed by atoms with Crippen molar-refractivity contribution in [2.24, 2.45) is 5.92 Å². The molecule has 174 valence electrons. The third-order valence-corrected chi connectivity index (χ3v) is 7.61. The molecule has 2 unspecified atom stereocenters. The first-order valence-corrected chi connectivity index (χ1v) is 12.1. The van der Waals surface area contributed by atoms with E-state index in [-0.39, 0.29) is 28.8 Å². The fraction of sp³-hybridized carbons (Fsp3) is 0.500. The number of aryl methyl sites for hydroxylation is 2. The number of hydrogen-bond donors (Lipinski definition) is 1. The van der Waals surface area contributed by atoms with E-state index >= 15 is 0 Å². The SMILES string of the molecule is Cc1noc(C)c1S(=O)(=O)N1CCCC(C(=O)OC(C)C(=O)NCCc2ccccc2)C1. The van der Waals surface area contributed by atoms with Gasteiger partial charge in [0, 0.05) is 19.6 Å². The minimum Gasteiger partial charge on any atom is -0.452 e. The minimum atomic E-state index is -3.84. The Morgan fingerprint density at radius 1 is 1.28 bits per heavy atom. The number of esters is 1. The number of benzene rings is 1.